The first kappa shape index (κ1) is 11.9. The molecule has 2 nitrogen and oxygen atoms in total. The number of nitrogens with zero attached hydrogens (tertiary/aromatic N) is 1. The van der Waals surface area contributed by atoms with Gasteiger partial charge in [0.25, 0.3) is 0 Å². The molecule has 2 atom stereocenters. The number of anilines is 2. The van der Waals surface area contributed by atoms with Crippen molar-refractivity contribution in [1.29, 1.82) is 0 Å². The molecule has 2 unspecified atom stereocenters. The van der Waals surface area contributed by atoms with Crippen LogP contribution < -0.4 is 10.6 Å². The third-order valence-electron chi connectivity index (χ3n) is 4.64. The highest BCUT2D eigenvalue weighted by atomic mass is 15.2. The monoisotopic (exact) mass is 244 g/mol. The average Bonchev–Trinajstić information content (AvgIpc) is 2.49. The standard InChI is InChI=1S/C16H24N2/c1-15(2)8-14-9-16(3,10-15)11-18(14)13-6-4-12(17)5-7-13/h4-7,14H,8-11,17H2,1-3H3. The fourth-order valence-corrected chi connectivity index (χ4v) is 4.43. The smallest absolute Gasteiger partial charge is 0.0370 e. The van der Waals surface area contributed by atoms with E-state index >= 15 is 0 Å². The fourth-order valence-electron chi connectivity index (χ4n) is 4.43. The Hall–Kier alpha value is -1.18. The Bertz CT molecular complexity index is 449. The van der Waals surface area contributed by atoms with Crippen molar-refractivity contribution in [1.82, 2.24) is 0 Å². The van der Waals surface area contributed by atoms with Gasteiger partial charge >= 0.3 is 0 Å². The Morgan fingerprint density at radius 3 is 2.44 bits per heavy atom. The number of rotatable bonds is 1. The van der Waals surface area contributed by atoms with Gasteiger partial charge in [0.1, 0.15) is 0 Å². The Labute approximate surface area is 110 Å². The summed E-state index contributed by atoms with van der Waals surface area (Å²) in [5.74, 6) is 0. The van der Waals surface area contributed by atoms with E-state index in [1.165, 1.54) is 31.5 Å². The summed E-state index contributed by atoms with van der Waals surface area (Å²) >= 11 is 0. The highest BCUT2D eigenvalue weighted by Gasteiger charge is 2.49. The van der Waals surface area contributed by atoms with Gasteiger partial charge < -0.3 is 10.6 Å². The van der Waals surface area contributed by atoms with Crippen LogP contribution in [-0.4, -0.2) is 12.6 Å². The molecule has 2 N–H and O–H groups in total. The minimum Gasteiger partial charge on any atom is -0.399 e. The van der Waals surface area contributed by atoms with E-state index in [0.717, 1.165) is 5.69 Å². The number of benzene rings is 1. The van der Waals surface area contributed by atoms with Crippen LogP contribution in [-0.2, 0) is 0 Å². The Balaban J connectivity index is 1.90. The van der Waals surface area contributed by atoms with E-state index < -0.39 is 0 Å². The van der Waals surface area contributed by atoms with Crippen LogP contribution in [0.5, 0.6) is 0 Å². The Kier molecular flexibility index (Phi) is 2.42. The van der Waals surface area contributed by atoms with Gasteiger partial charge in [-0.2, -0.15) is 0 Å². The molecule has 18 heavy (non-hydrogen) atoms. The third-order valence-corrected chi connectivity index (χ3v) is 4.64. The molecule has 1 saturated carbocycles. The lowest BCUT2D eigenvalue weighted by Crippen LogP contribution is -2.34. The summed E-state index contributed by atoms with van der Waals surface area (Å²) in [6.45, 7) is 8.50. The van der Waals surface area contributed by atoms with Crippen LogP contribution in [0.4, 0.5) is 11.4 Å². The maximum absolute atomic E-state index is 5.78. The zero-order chi connectivity index (χ0) is 13.0. The predicted molar refractivity (Wildman–Crippen MR) is 77.7 cm³/mol. The number of hydrogen-bond donors (Lipinski definition) is 1. The van der Waals surface area contributed by atoms with Gasteiger partial charge in [0.15, 0.2) is 0 Å². The predicted octanol–water partition coefficient (Wildman–Crippen LogP) is 3.67. The summed E-state index contributed by atoms with van der Waals surface area (Å²) in [5.41, 5.74) is 8.96. The lowest BCUT2D eigenvalue weighted by molar-refractivity contribution is 0.136. The normalized spacial score (nSPS) is 33.7. The number of nitrogen functional groups attached to an aromatic ring is 1. The number of hydrogen-bond acceptors (Lipinski definition) is 2. The minimum atomic E-state index is 0.486. The molecule has 3 rings (SSSR count). The van der Waals surface area contributed by atoms with E-state index in [1.54, 1.807) is 0 Å². The van der Waals surface area contributed by atoms with Crippen LogP contribution in [0.3, 0.4) is 0 Å². The molecule has 2 bridgehead atoms. The van der Waals surface area contributed by atoms with Crippen molar-refractivity contribution in [3.05, 3.63) is 24.3 Å². The highest BCUT2D eigenvalue weighted by Crippen LogP contribution is 2.53. The SMILES string of the molecule is CC1(C)CC2CC(C)(CN2c2ccc(N)cc2)C1. The molecular formula is C16H24N2. The van der Waals surface area contributed by atoms with Gasteiger partial charge in [-0.3, -0.25) is 0 Å². The quantitative estimate of drug-likeness (QED) is 0.764. The van der Waals surface area contributed by atoms with Gasteiger partial charge in [0, 0.05) is 24.0 Å². The minimum absolute atomic E-state index is 0.486. The lowest BCUT2D eigenvalue weighted by Gasteiger charge is -2.39. The van der Waals surface area contributed by atoms with Crippen molar-refractivity contribution in [3.63, 3.8) is 0 Å². The molecule has 1 saturated heterocycles. The van der Waals surface area contributed by atoms with E-state index in [0.29, 0.717) is 16.9 Å². The highest BCUT2D eigenvalue weighted by molar-refractivity contribution is 5.55. The molecule has 2 heteroatoms. The van der Waals surface area contributed by atoms with E-state index in [4.69, 9.17) is 5.73 Å². The van der Waals surface area contributed by atoms with Crippen molar-refractivity contribution < 1.29 is 0 Å². The van der Waals surface area contributed by atoms with Crippen LogP contribution >= 0.6 is 0 Å². The first-order chi connectivity index (χ1) is 8.37. The summed E-state index contributed by atoms with van der Waals surface area (Å²) in [6.07, 6.45) is 4.01. The molecule has 1 heterocycles. The number of fused-ring (bicyclic) bond motifs is 2. The molecule has 0 spiro atoms. The molecule has 2 aliphatic rings. The van der Waals surface area contributed by atoms with Crippen LogP contribution in [0.25, 0.3) is 0 Å². The van der Waals surface area contributed by atoms with Gasteiger partial charge in [-0.05, 0) is 54.4 Å². The van der Waals surface area contributed by atoms with Gasteiger partial charge in [0.2, 0.25) is 0 Å². The molecule has 0 amide bonds. The average molecular weight is 244 g/mol. The van der Waals surface area contributed by atoms with Crippen LogP contribution in [0.1, 0.15) is 40.0 Å². The van der Waals surface area contributed by atoms with Crippen molar-refractivity contribution in [2.75, 3.05) is 17.2 Å². The first-order valence-corrected chi connectivity index (χ1v) is 6.99. The lowest BCUT2D eigenvalue weighted by atomic mass is 9.65. The first-order valence-electron chi connectivity index (χ1n) is 6.99. The molecule has 98 valence electrons. The topological polar surface area (TPSA) is 29.3 Å². The van der Waals surface area contributed by atoms with Crippen LogP contribution in [0.2, 0.25) is 0 Å². The van der Waals surface area contributed by atoms with Crippen molar-refractivity contribution in [3.8, 4) is 0 Å². The van der Waals surface area contributed by atoms with Crippen molar-refractivity contribution in [2.45, 2.75) is 46.1 Å². The zero-order valence-electron chi connectivity index (χ0n) is 11.7. The molecule has 1 aromatic rings. The van der Waals surface area contributed by atoms with Crippen molar-refractivity contribution >= 4 is 11.4 Å². The van der Waals surface area contributed by atoms with Crippen molar-refractivity contribution in [2.24, 2.45) is 10.8 Å². The number of nitrogens with two attached hydrogens (primary N) is 1. The third kappa shape index (κ3) is 1.98. The van der Waals surface area contributed by atoms with Gasteiger partial charge in [0.05, 0.1) is 0 Å². The second-order valence-corrected chi connectivity index (χ2v) is 7.43. The van der Waals surface area contributed by atoms with Gasteiger partial charge in [-0.1, -0.05) is 20.8 Å². The van der Waals surface area contributed by atoms with Gasteiger partial charge in [-0.15, -0.1) is 0 Å². The van der Waals surface area contributed by atoms with E-state index in [2.05, 4.69) is 37.8 Å². The molecule has 1 aliphatic carbocycles. The second kappa shape index (κ2) is 3.66. The van der Waals surface area contributed by atoms with E-state index in [9.17, 15) is 0 Å². The van der Waals surface area contributed by atoms with Crippen LogP contribution in [0.15, 0.2) is 24.3 Å². The van der Waals surface area contributed by atoms with Gasteiger partial charge in [-0.25, -0.2) is 0 Å². The zero-order valence-corrected chi connectivity index (χ0v) is 11.7. The Morgan fingerprint density at radius 2 is 1.78 bits per heavy atom. The molecule has 0 aromatic heterocycles. The largest absolute Gasteiger partial charge is 0.399 e. The van der Waals surface area contributed by atoms with Crippen LogP contribution in [0, 0.1) is 10.8 Å². The molecule has 2 fully saturated rings. The maximum atomic E-state index is 5.78. The van der Waals surface area contributed by atoms with E-state index in [1.807, 2.05) is 12.1 Å². The summed E-state index contributed by atoms with van der Waals surface area (Å²) in [6, 6.07) is 9.09. The summed E-state index contributed by atoms with van der Waals surface area (Å²) < 4.78 is 0. The van der Waals surface area contributed by atoms with E-state index in [-0.39, 0.29) is 0 Å². The second-order valence-electron chi connectivity index (χ2n) is 7.43. The molecule has 1 aliphatic heterocycles. The summed E-state index contributed by atoms with van der Waals surface area (Å²) in [7, 11) is 0. The summed E-state index contributed by atoms with van der Waals surface area (Å²) in [4.78, 5) is 2.61. The fraction of sp³-hybridized carbons (Fsp3) is 0.625. The Morgan fingerprint density at radius 1 is 1.11 bits per heavy atom. The molecule has 1 aromatic carbocycles. The molecular weight excluding hydrogens is 220 g/mol. The maximum Gasteiger partial charge on any atom is 0.0370 e. The molecule has 0 radical (unpaired) electrons. The summed E-state index contributed by atoms with van der Waals surface area (Å²) in [5, 5.41) is 0.